The lowest BCUT2D eigenvalue weighted by atomic mass is 9.85. The molecular weight excluding hydrogens is 494 g/mol. The van der Waals surface area contributed by atoms with Crippen molar-refractivity contribution in [2.75, 3.05) is 33.9 Å². The standard InChI is InChI=1S/C31H33N3O5/c1-36-25-7-3-22(4-8-25)18-38-28-15-24-17-32-34(21-31-11-13-33(20-31)14-12-31)30(35)27(24)16-29(28)39-19-23-5-9-26(37-2)10-6-23/h3-10,15-17H,11-14,18-21H2,1-2H3. The van der Waals surface area contributed by atoms with Crippen molar-refractivity contribution in [1.82, 2.24) is 14.7 Å². The minimum atomic E-state index is -0.0942. The SMILES string of the molecule is COc1ccc(COc2cc3cnn(CC45CCN(CC4)C5)c(=O)c3cc2OCc2ccc(OC)cc2)cc1. The number of hydrogen-bond donors (Lipinski definition) is 0. The lowest BCUT2D eigenvalue weighted by molar-refractivity contribution is 0.255. The average molecular weight is 528 g/mol. The molecule has 2 saturated heterocycles. The second-order valence-corrected chi connectivity index (χ2v) is 10.5. The molecule has 1 aromatic heterocycles. The van der Waals surface area contributed by atoms with Gasteiger partial charge in [0.25, 0.3) is 5.56 Å². The maximum atomic E-state index is 13.6. The van der Waals surface area contributed by atoms with Crippen LogP contribution in [-0.4, -0.2) is 48.5 Å². The largest absolute Gasteiger partial charge is 0.497 e. The van der Waals surface area contributed by atoms with Crippen LogP contribution in [0.5, 0.6) is 23.0 Å². The number of methoxy groups -OCH3 is 2. The normalized spacial score (nSPS) is 19.8. The molecule has 0 amide bonds. The van der Waals surface area contributed by atoms with Crippen molar-refractivity contribution in [1.29, 1.82) is 0 Å². The van der Waals surface area contributed by atoms with Gasteiger partial charge in [0.05, 0.1) is 32.3 Å². The average Bonchev–Trinajstić information content (AvgIpc) is 3.58. The molecule has 3 heterocycles. The van der Waals surface area contributed by atoms with Gasteiger partial charge in [0.1, 0.15) is 24.7 Å². The lowest BCUT2D eigenvalue weighted by Gasteiger charge is -2.25. The van der Waals surface area contributed by atoms with Crippen LogP contribution >= 0.6 is 0 Å². The topological polar surface area (TPSA) is 75.1 Å². The number of ether oxygens (including phenoxy) is 4. The number of rotatable bonds is 10. The van der Waals surface area contributed by atoms with E-state index in [2.05, 4.69) is 10.00 Å². The number of piperidine rings is 1. The van der Waals surface area contributed by atoms with E-state index >= 15 is 0 Å². The third kappa shape index (κ3) is 5.29. The molecule has 0 radical (unpaired) electrons. The molecular formula is C31H33N3O5. The summed E-state index contributed by atoms with van der Waals surface area (Å²) in [7, 11) is 3.29. The first-order valence-electron chi connectivity index (χ1n) is 13.3. The predicted octanol–water partition coefficient (Wildman–Crippen LogP) is 4.67. The Morgan fingerprint density at radius 2 is 1.38 bits per heavy atom. The lowest BCUT2D eigenvalue weighted by Crippen LogP contribution is -2.33. The zero-order chi connectivity index (χ0) is 26.8. The Balaban J connectivity index is 1.30. The number of aromatic nitrogens is 2. The van der Waals surface area contributed by atoms with E-state index in [0.717, 1.165) is 60.5 Å². The van der Waals surface area contributed by atoms with Gasteiger partial charge in [-0.05, 0) is 73.5 Å². The van der Waals surface area contributed by atoms with Crippen LogP contribution < -0.4 is 24.5 Å². The highest BCUT2D eigenvalue weighted by Gasteiger charge is 2.44. The highest BCUT2D eigenvalue weighted by atomic mass is 16.5. The van der Waals surface area contributed by atoms with Crippen molar-refractivity contribution in [3.05, 3.63) is 88.3 Å². The minimum absolute atomic E-state index is 0.0942. The molecule has 0 spiro atoms. The Kier molecular flexibility index (Phi) is 6.87. The minimum Gasteiger partial charge on any atom is -0.497 e. The molecule has 202 valence electrons. The van der Waals surface area contributed by atoms with Crippen molar-refractivity contribution in [3.63, 3.8) is 0 Å². The smallest absolute Gasteiger partial charge is 0.274 e. The van der Waals surface area contributed by atoms with Crippen molar-refractivity contribution >= 4 is 10.8 Å². The highest BCUT2D eigenvalue weighted by molar-refractivity contribution is 5.84. The Morgan fingerprint density at radius 3 is 1.90 bits per heavy atom. The highest BCUT2D eigenvalue weighted by Crippen LogP contribution is 2.41. The molecule has 6 rings (SSSR count). The van der Waals surface area contributed by atoms with Crippen LogP contribution in [0.4, 0.5) is 0 Å². The molecule has 2 bridgehead atoms. The van der Waals surface area contributed by atoms with Gasteiger partial charge < -0.3 is 23.8 Å². The Hall–Kier alpha value is -4.04. The predicted molar refractivity (Wildman–Crippen MR) is 149 cm³/mol. The van der Waals surface area contributed by atoms with Gasteiger partial charge in [-0.1, -0.05) is 24.3 Å². The molecule has 2 aliphatic heterocycles. The number of fused-ring (bicyclic) bond motifs is 3. The van der Waals surface area contributed by atoms with Gasteiger partial charge in [-0.3, -0.25) is 4.79 Å². The molecule has 39 heavy (non-hydrogen) atoms. The molecule has 2 aliphatic rings. The second kappa shape index (κ2) is 10.6. The van der Waals surface area contributed by atoms with Crippen molar-refractivity contribution in [2.45, 2.75) is 32.6 Å². The third-order valence-corrected chi connectivity index (χ3v) is 7.98. The first-order valence-corrected chi connectivity index (χ1v) is 13.3. The van der Waals surface area contributed by atoms with Crippen LogP contribution in [0.1, 0.15) is 24.0 Å². The van der Waals surface area contributed by atoms with Crippen LogP contribution in [0, 0.1) is 5.41 Å². The van der Waals surface area contributed by atoms with Gasteiger partial charge in [0, 0.05) is 17.3 Å². The number of hydrogen-bond acceptors (Lipinski definition) is 7. The van der Waals surface area contributed by atoms with E-state index in [0.29, 0.717) is 36.6 Å². The van der Waals surface area contributed by atoms with Crippen molar-refractivity contribution in [2.24, 2.45) is 5.41 Å². The van der Waals surface area contributed by atoms with E-state index in [1.807, 2.05) is 54.6 Å². The summed E-state index contributed by atoms with van der Waals surface area (Å²) in [6, 6.07) is 19.1. The summed E-state index contributed by atoms with van der Waals surface area (Å²) in [5, 5.41) is 5.87. The van der Waals surface area contributed by atoms with E-state index in [9.17, 15) is 4.79 Å². The molecule has 8 nitrogen and oxygen atoms in total. The molecule has 8 heteroatoms. The summed E-state index contributed by atoms with van der Waals surface area (Å²) < 4.78 is 24.6. The first kappa shape index (κ1) is 25.2. The Bertz CT molecular complexity index is 1510. The summed E-state index contributed by atoms with van der Waals surface area (Å²) in [5.41, 5.74) is 2.03. The van der Waals surface area contributed by atoms with E-state index < -0.39 is 0 Å². The van der Waals surface area contributed by atoms with Gasteiger partial charge in [0.15, 0.2) is 11.5 Å². The van der Waals surface area contributed by atoms with E-state index in [1.165, 1.54) is 0 Å². The zero-order valence-corrected chi connectivity index (χ0v) is 22.4. The quantitative estimate of drug-likeness (QED) is 0.297. The zero-order valence-electron chi connectivity index (χ0n) is 22.4. The van der Waals surface area contributed by atoms with Crippen LogP contribution in [0.25, 0.3) is 10.8 Å². The fraction of sp³-hybridized carbons (Fsp3) is 0.355. The molecule has 4 aromatic rings. The monoisotopic (exact) mass is 527 g/mol. The summed E-state index contributed by atoms with van der Waals surface area (Å²) in [6.45, 7) is 4.59. The Morgan fingerprint density at radius 1 is 0.821 bits per heavy atom. The molecule has 0 atom stereocenters. The van der Waals surface area contributed by atoms with Crippen LogP contribution in [0.3, 0.4) is 0 Å². The summed E-state index contributed by atoms with van der Waals surface area (Å²) in [4.78, 5) is 16.1. The Labute approximate surface area is 227 Å². The fourth-order valence-corrected chi connectivity index (χ4v) is 5.64. The van der Waals surface area contributed by atoms with Gasteiger partial charge in [-0.15, -0.1) is 0 Å². The van der Waals surface area contributed by atoms with Gasteiger partial charge in [0.2, 0.25) is 0 Å². The second-order valence-electron chi connectivity index (χ2n) is 10.5. The maximum Gasteiger partial charge on any atom is 0.274 e. The fourth-order valence-electron chi connectivity index (χ4n) is 5.64. The maximum absolute atomic E-state index is 13.6. The van der Waals surface area contributed by atoms with E-state index in [4.69, 9.17) is 18.9 Å². The number of benzene rings is 3. The van der Waals surface area contributed by atoms with E-state index in [1.54, 1.807) is 31.2 Å². The van der Waals surface area contributed by atoms with Crippen LogP contribution in [0.15, 0.2) is 71.7 Å². The summed E-state index contributed by atoms with van der Waals surface area (Å²) in [6.07, 6.45) is 4.00. The molecule has 0 aliphatic carbocycles. The molecule has 3 aromatic carbocycles. The number of nitrogens with zero attached hydrogens (tertiary/aromatic N) is 3. The van der Waals surface area contributed by atoms with Gasteiger partial charge >= 0.3 is 0 Å². The van der Waals surface area contributed by atoms with E-state index in [-0.39, 0.29) is 11.0 Å². The summed E-state index contributed by atoms with van der Waals surface area (Å²) >= 11 is 0. The van der Waals surface area contributed by atoms with Crippen molar-refractivity contribution in [3.8, 4) is 23.0 Å². The van der Waals surface area contributed by atoms with Crippen molar-refractivity contribution < 1.29 is 18.9 Å². The molecule has 2 fully saturated rings. The summed E-state index contributed by atoms with van der Waals surface area (Å²) in [5.74, 6) is 2.66. The van der Waals surface area contributed by atoms with Crippen LogP contribution in [-0.2, 0) is 19.8 Å². The molecule has 0 unspecified atom stereocenters. The first-order chi connectivity index (χ1) is 19.0. The molecule has 0 N–H and O–H groups in total. The van der Waals surface area contributed by atoms with Gasteiger partial charge in [-0.25, -0.2) is 4.68 Å². The van der Waals surface area contributed by atoms with Gasteiger partial charge in [-0.2, -0.15) is 5.10 Å². The third-order valence-electron chi connectivity index (χ3n) is 7.98. The molecule has 0 saturated carbocycles. The van der Waals surface area contributed by atoms with Crippen LogP contribution in [0.2, 0.25) is 0 Å².